The minimum atomic E-state index is -0.282. The number of aromatic nitrogens is 2. The highest BCUT2D eigenvalue weighted by molar-refractivity contribution is 5.94. The average Bonchev–Trinajstić information content (AvgIpc) is 3.38. The average molecular weight is 569 g/mol. The van der Waals surface area contributed by atoms with Crippen molar-refractivity contribution in [3.05, 3.63) is 83.9 Å². The number of ketones is 1. The maximum absolute atomic E-state index is 13.8. The van der Waals surface area contributed by atoms with Crippen molar-refractivity contribution < 1.29 is 18.7 Å². The summed E-state index contributed by atoms with van der Waals surface area (Å²) >= 11 is 0. The zero-order chi connectivity index (χ0) is 29.2. The van der Waals surface area contributed by atoms with E-state index < -0.39 is 0 Å². The molecule has 1 amide bonds. The number of carbonyl (C=O) groups excluding carboxylic acids is 2. The van der Waals surface area contributed by atoms with E-state index >= 15 is 0 Å². The monoisotopic (exact) mass is 568 g/mol. The number of hydrogen-bond donors (Lipinski definition) is 0. The number of carbonyl (C=O) groups is 2. The van der Waals surface area contributed by atoms with Crippen LogP contribution in [0, 0.1) is 11.7 Å². The molecule has 0 bridgehead atoms. The van der Waals surface area contributed by atoms with Crippen LogP contribution in [-0.2, 0) is 16.1 Å². The van der Waals surface area contributed by atoms with Crippen molar-refractivity contribution in [2.24, 2.45) is 5.92 Å². The van der Waals surface area contributed by atoms with Crippen molar-refractivity contribution in [3.63, 3.8) is 0 Å². The van der Waals surface area contributed by atoms with Gasteiger partial charge in [0.05, 0.1) is 17.5 Å². The van der Waals surface area contributed by atoms with E-state index in [1.165, 1.54) is 12.1 Å². The molecular formula is C34H37FN4O3. The summed E-state index contributed by atoms with van der Waals surface area (Å²) in [5.74, 6) is 0.0779. The van der Waals surface area contributed by atoms with Gasteiger partial charge in [0, 0.05) is 63.1 Å². The summed E-state index contributed by atoms with van der Waals surface area (Å²) in [7, 11) is 1.74. The molecule has 4 aromatic rings. The highest BCUT2D eigenvalue weighted by atomic mass is 19.1. The summed E-state index contributed by atoms with van der Waals surface area (Å²) in [5.41, 5.74) is 6.23. The predicted octanol–water partition coefficient (Wildman–Crippen LogP) is 5.86. The largest absolute Gasteiger partial charge is 0.381 e. The molecule has 2 atom stereocenters. The molecule has 1 aliphatic heterocycles. The van der Waals surface area contributed by atoms with Crippen LogP contribution in [0.4, 0.5) is 4.39 Å². The lowest BCUT2D eigenvalue weighted by molar-refractivity contribution is -0.140. The quantitative estimate of drug-likeness (QED) is 0.261. The van der Waals surface area contributed by atoms with Crippen molar-refractivity contribution >= 4 is 17.3 Å². The van der Waals surface area contributed by atoms with Gasteiger partial charge in [0.2, 0.25) is 5.91 Å². The maximum atomic E-state index is 13.8. The Morgan fingerprint density at radius 2 is 1.60 bits per heavy atom. The molecule has 0 N–H and O–H groups in total. The number of pyridine rings is 1. The number of hydrogen-bond acceptors (Lipinski definition) is 5. The second-order valence-electron chi connectivity index (χ2n) is 11.5. The van der Waals surface area contributed by atoms with E-state index in [4.69, 9.17) is 9.72 Å². The van der Waals surface area contributed by atoms with E-state index in [1.807, 2.05) is 41.3 Å². The summed E-state index contributed by atoms with van der Waals surface area (Å²) in [6.45, 7) is 5.16. The molecule has 2 aromatic heterocycles. The van der Waals surface area contributed by atoms with Gasteiger partial charge in [-0.1, -0.05) is 30.7 Å². The number of nitrogens with zero attached hydrogens (tertiary/aromatic N) is 4. The van der Waals surface area contributed by atoms with Crippen LogP contribution in [-0.4, -0.2) is 70.3 Å². The fourth-order valence-electron chi connectivity index (χ4n) is 6.33. The SMILES string of the molecule is CO[C@@H]1CCC[C@@H](C(=O)N2CCN(Cc3c(-c4ccc(F)cc4)nc4ccc(-c5ccc(C(C)=O)cc5)cn34)CC2)C1. The highest BCUT2D eigenvalue weighted by Crippen LogP contribution is 2.30. The molecule has 218 valence electrons. The minimum absolute atomic E-state index is 0.0394. The van der Waals surface area contributed by atoms with Gasteiger partial charge in [0.1, 0.15) is 11.5 Å². The molecule has 1 aliphatic carbocycles. The Kier molecular flexibility index (Phi) is 8.18. The number of piperazine rings is 1. The van der Waals surface area contributed by atoms with Gasteiger partial charge in [0.15, 0.2) is 5.78 Å². The highest BCUT2D eigenvalue weighted by Gasteiger charge is 2.32. The Morgan fingerprint density at radius 1 is 0.905 bits per heavy atom. The van der Waals surface area contributed by atoms with Crippen LogP contribution >= 0.6 is 0 Å². The van der Waals surface area contributed by atoms with Crippen molar-refractivity contribution in [1.82, 2.24) is 19.2 Å². The summed E-state index contributed by atoms with van der Waals surface area (Å²) in [6.07, 6.45) is 6.11. The Balaban J connectivity index is 1.25. The number of imidazole rings is 1. The first-order chi connectivity index (χ1) is 20.4. The molecule has 7 nitrogen and oxygen atoms in total. The van der Waals surface area contributed by atoms with Crippen LogP contribution in [0.3, 0.4) is 0 Å². The van der Waals surface area contributed by atoms with Gasteiger partial charge in [-0.3, -0.25) is 14.5 Å². The Labute approximate surface area is 245 Å². The van der Waals surface area contributed by atoms with Gasteiger partial charge in [0.25, 0.3) is 0 Å². The van der Waals surface area contributed by atoms with Crippen LogP contribution in [0.5, 0.6) is 0 Å². The number of methoxy groups -OCH3 is 1. The van der Waals surface area contributed by atoms with Gasteiger partial charge < -0.3 is 14.0 Å². The van der Waals surface area contributed by atoms with Crippen LogP contribution in [0.15, 0.2) is 66.9 Å². The number of ether oxygens (including phenoxy) is 1. The summed E-state index contributed by atoms with van der Waals surface area (Å²) in [4.78, 5) is 34.4. The predicted molar refractivity (Wildman–Crippen MR) is 161 cm³/mol. The molecular weight excluding hydrogens is 531 g/mol. The van der Waals surface area contributed by atoms with E-state index in [0.717, 1.165) is 72.5 Å². The van der Waals surface area contributed by atoms with Crippen molar-refractivity contribution in [2.45, 2.75) is 45.3 Å². The second kappa shape index (κ2) is 12.2. The first-order valence-electron chi connectivity index (χ1n) is 14.8. The number of halogens is 1. The van der Waals surface area contributed by atoms with Crippen LogP contribution < -0.4 is 0 Å². The lowest BCUT2D eigenvalue weighted by atomic mass is 9.86. The van der Waals surface area contributed by atoms with Gasteiger partial charge in [-0.2, -0.15) is 0 Å². The van der Waals surface area contributed by atoms with Crippen molar-refractivity contribution in [2.75, 3.05) is 33.3 Å². The number of rotatable bonds is 7. The Bertz CT molecular complexity index is 1570. The van der Waals surface area contributed by atoms with Gasteiger partial charge >= 0.3 is 0 Å². The first-order valence-corrected chi connectivity index (χ1v) is 14.8. The number of benzene rings is 2. The molecule has 0 radical (unpaired) electrons. The molecule has 3 heterocycles. The summed E-state index contributed by atoms with van der Waals surface area (Å²) < 4.78 is 21.5. The molecule has 2 aliphatic rings. The standard InChI is InChI=1S/C34H37FN4O3/c1-23(40)24-6-8-25(9-7-24)28-12-15-32-36-33(26-10-13-29(35)14-11-26)31(39(32)21-28)22-37-16-18-38(19-17-37)34(41)27-4-3-5-30(20-27)42-2/h6-15,21,27,30H,3-5,16-20,22H2,1-2H3/t27-,30-/m1/s1. The fraction of sp³-hybridized carbons (Fsp3) is 0.382. The van der Waals surface area contributed by atoms with Gasteiger partial charge in [-0.15, -0.1) is 0 Å². The van der Waals surface area contributed by atoms with E-state index in [9.17, 15) is 14.0 Å². The summed E-state index contributed by atoms with van der Waals surface area (Å²) in [5, 5.41) is 0. The smallest absolute Gasteiger partial charge is 0.225 e. The fourth-order valence-corrected chi connectivity index (χ4v) is 6.33. The Hall–Kier alpha value is -3.88. The summed E-state index contributed by atoms with van der Waals surface area (Å²) in [6, 6.07) is 18.1. The van der Waals surface area contributed by atoms with E-state index in [1.54, 1.807) is 26.2 Å². The molecule has 0 spiro atoms. The Morgan fingerprint density at radius 3 is 2.29 bits per heavy atom. The second-order valence-corrected chi connectivity index (χ2v) is 11.5. The molecule has 2 fully saturated rings. The number of amides is 1. The molecule has 2 aromatic carbocycles. The minimum Gasteiger partial charge on any atom is -0.381 e. The third-order valence-corrected chi connectivity index (χ3v) is 8.83. The zero-order valence-corrected chi connectivity index (χ0v) is 24.3. The van der Waals surface area contributed by atoms with Crippen LogP contribution in [0.2, 0.25) is 0 Å². The number of fused-ring (bicyclic) bond motifs is 1. The van der Waals surface area contributed by atoms with Crippen LogP contribution in [0.25, 0.3) is 28.0 Å². The van der Waals surface area contributed by atoms with Gasteiger partial charge in [-0.25, -0.2) is 9.37 Å². The topological polar surface area (TPSA) is 67.2 Å². The molecule has 1 saturated carbocycles. The third kappa shape index (κ3) is 5.87. The van der Waals surface area contributed by atoms with E-state index in [2.05, 4.69) is 15.5 Å². The lowest BCUT2D eigenvalue weighted by Crippen LogP contribution is -2.50. The van der Waals surface area contributed by atoms with E-state index in [-0.39, 0.29) is 29.5 Å². The molecule has 0 unspecified atom stereocenters. The van der Waals surface area contributed by atoms with Crippen LogP contribution in [0.1, 0.15) is 48.7 Å². The lowest BCUT2D eigenvalue weighted by Gasteiger charge is -2.38. The van der Waals surface area contributed by atoms with Crippen molar-refractivity contribution in [1.29, 1.82) is 0 Å². The van der Waals surface area contributed by atoms with E-state index in [0.29, 0.717) is 25.2 Å². The normalized spacial score (nSPS) is 19.7. The van der Waals surface area contributed by atoms with Gasteiger partial charge in [-0.05, 0) is 73.7 Å². The molecule has 6 rings (SSSR count). The third-order valence-electron chi connectivity index (χ3n) is 8.83. The zero-order valence-electron chi connectivity index (χ0n) is 24.3. The molecule has 8 heteroatoms. The maximum Gasteiger partial charge on any atom is 0.225 e. The number of Topliss-reactive ketones (excluding diaryl/α,β-unsaturated/α-hetero) is 1. The van der Waals surface area contributed by atoms with Crippen molar-refractivity contribution in [3.8, 4) is 22.4 Å². The molecule has 42 heavy (non-hydrogen) atoms. The molecule has 1 saturated heterocycles. The first kappa shape index (κ1) is 28.2.